The number of fused-ring (bicyclic) bond motifs is 18. The Balaban J connectivity index is 1.18. The van der Waals surface area contributed by atoms with Crippen LogP contribution in [0, 0.1) is 0 Å². The molecule has 240 valence electrons. The van der Waals surface area contributed by atoms with Crippen molar-refractivity contribution in [2.75, 3.05) is 0 Å². The summed E-state index contributed by atoms with van der Waals surface area (Å²) in [6.07, 6.45) is 14.8. The summed E-state index contributed by atoms with van der Waals surface area (Å²) in [7, 11) is 0. The zero-order chi connectivity index (χ0) is 33.0. The van der Waals surface area contributed by atoms with Crippen LogP contribution < -0.4 is 0 Å². The maximum absolute atomic E-state index is 6.48. The van der Waals surface area contributed by atoms with E-state index in [1.807, 2.05) is 146 Å². The quantitative estimate of drug-likeness (QED) is 0.159. The van der Waals surface area contributed by atoms with Crippen molar-refractivity contribution in [1.82, 2.24) is 0 Å². The summed E-state index contributed by atoms with van der Waals surface area (Å²) in [4.78, 5) is 0. The molecule has 0 unspecified atom stereocenters. The molecule has 0 saturated carbocycles. The topological polar surface area (TPSA) is 105 Å². The Labute approximate surface area is 283 Å². The average molecular weight is 657 g/mol. The lowest BCUT2D eigenvalue weighted by Crippen LogP contribution is -1.93. The molecule has 0 aliphatic carbocycles. The van der Waals surface area contributed by atoms with Crippen molar-refractivity contribution >= 4 is 59.8 Å². The fraction of sp³-hybridized carbons (Fsp3) is 0. The molecule has 8 nitrogen and oxygen atoms in total. The molecule has 8 aromatic heterocycles. The molecule has 10 heterocycles. The summed E-state index contributed by atoms with van der Waals surface area (Å²) >= 11 is 0. The van der Waals surface area contributed by atoms with Gasteiger partial charge in [0, 0.05) is 0 Å². The average Bonchev–Trinajstić information content (AvgIpc) is 3.97. The highest BCUT2D eigenvalue weighted by Crippen LogP contribution is 2.41. The zero-order valence-electron chi connectivity index (χ0n) is 26.1. The van der Waals surface area contributed by atoms with Gasteiger partial charge in [0.1, 0.15) is 69.1 Å². The Bertz CT molecular complexity index is 2300. The predicted molar refractivity (Wildman–Crippen MR) is 188 cm³/mol. The van der Waals surface area contributed by atoms with Gasteiger partial charge < -0.3 is 35.3 Å². The van der Waals surface area contributed by atoms with Gasteiger partial charge in [0.25, 0.3) is 0 Å². The maximum atomic E-state index is 6.48. The van der Waals surface area contributed by atoms with E-state index in [-0.39, 0.29) is 0 Å². The van der Waals surface area contributed by atoms with Crippen LogP contribution >= 0.6 is 0 Å². The summed E-state index contributed by atoms with van der Waals surface area (Å²) in [6, 6.07) is 30.2. The van der Waals surface area contributed by atoms with Crippen LogP contribution in [0.2, 0.25) is 0 Å². The van der Waals surface area contributed by atoms with Crippen LogP contribution in [0.3, 0.4) is 0 Å². The summed E-state index contributed by atoms with van der Waals surface area (Å²) in [5, 5.41) is 0. The van der Waals surface area contributed by atoms with Crippen LogP contribution in [-0.4, -0.2) is 0 Å². The second kappa shape index (κ2) is 11.3. The van der Waals surface area contributed by atoms with Crippen molar-refractivity contribution in [3.8, 4) is 23.0 Å². The highest BCUT2D eigenvalue weighted by atomic mass is 16.4. The molecular weight excluding hydrogens is 632 g/mol. The molecule has 0 radical (unpaired) electrons. The second-order valence-electron chi connectivity index (χ2n) is 11.7. The van der Waals surface area contributed by atoms with Gasteiger partial charge >= 0.3 is 0 Å². The molecule has 50 heavy (non-hydrogen) atoms. The minimum Gasteiger partial charge on any atom is -0.457 e. The fourth-order valence-electron chi connectivity index (χ4n) is 6.00. The van der Waals surface area contributed by atoms with Crippen molar-refractivity contribution in [1.29, 1.82) is 0 Å². The van der Waals surface area contributed by atoms with E-state index in [2.05, 4.69) is 0 Å². The van der Waals surface area contributed by atoms with Gasteiger partial charge in [0.15, 0.2) is 23.0 Å². The summed E-state index contributed by atoms with van der Waals surface area (Å²) < 4.78 is 50.0. The highest BCUT2D eigenvalue weighted by molar-refractivity contribution is 6.01. The minimum atomic E-state index is 0.545. The van der Waals surface area contributed by atoms with Crippen molar-refractivity contribution in [3.05, 3.63) is 166 Å². The smallest absolute Gasteiger partial charge is 0.170 e. The van der Waals surface area contributed by atoms with E-state index in [4.69, 9.17) is 35.3 Å². The van der Waals surface area contributed by atoms with Gasteiger partial charge in [-0.3, -0.25) is 0 Å². The number of rotatable bonds is 0. The molecule has 0 spiro atoms. The molecule has 10 rings (SSSR count). The first kappa shape index (κ1) is 28.0. The standard InChI is InChI=1S/C42H24O8/c1-5-29-13-21-37(47-29)41(38-22-14-30(48-38)6-2-26-10-18-34(44-26)33-17-9-25(1)43-33)42-39-23-15-31(49-39)7-3-27-11-19-35(45-27)36-20-12-28(46-36)4-8-32-16-24-40(42)50-32/h1-24H/b5-1-,6-2-,7-3-,8-4-. The van der Waals surface area contributed by atoms with Crippen LogP contribution in [0.15, 0.2) is 132 Å². The Kier molecular flexibility index (Phi) is 6.32. The molecular formula is C42H24O8. The van der Waals surface area contributed by atoms with Crippen LogP contribution in [0.1, 0.15) is 69.1 Å². The lowest BCUT2D eigenvalue weighted by Gasteiger charge is -2.09. The largest absolute Gasteiger partial charge is 0.457 e. The molecule has 0 fully saturated rings. The third-order valence-electron chi connectivity index (χ3n) is 8.38. The van der Waals surface area contributed by atoms with Gasteiger partial charge in [0.05, 0.1) is 11.1 Å². The van der Waals surface area contributed by atoms with E-state index in [1.54, 1.807) is 0 Å². The third-order valence-corrected chi connectivity index (χ3v) is 8.38. The van der Waals surface area contributed by atoms with Crippen molar-refractivity contribution in [3.63, 3.8) is 0 Å². The van der Waals surface area contributed by atoms with Crippen LogP contribution in [0.5, 0.6) is 0 Å². The van der Waals surface area contributed by atoms with Crippen molar-refractivity contribution in [2.45, 2.75) is 0 Å². The second-order valence-corrected chi connectivity index (χ2v) is 11.7. The SMILES string of the molecule is C1=C\c2ccc(o2)-c2ccc(o2)/C=C\c2ccc(o2)C(=C2c3ccc(o3)/C=C\c3ccc(o3)-c3ccc(o3)/C=C\c3ccc2o3)c2ccc/1o2. The molecule has 2 aliphatic rings. The molecule has 16 bridgehead atoms. The van der Waals surface area contributed by atoms with Gasteiger partial charge in [-0.15, -0.1) is 0 Å². The monoisotopic (exact) mass is 656 g/mol. The highest BCUT2D eigenvalue weighted by Gasteiger charge is 2.26. The lowest BCUT2D eigenvalue weighted by molar-refractivity contribution is 0.510. The number of furan rings is 8. The number of hydrogen-bond donors (Lipinski definition) is 0. The molecule has 0 amide bonds. The molecule has 8 aromatic rings. The van der Waals surface area contributed by atoms with E-state index in [1.165, 1.54) is 0 Å². The van der Waals surface area contributed by atoms with Crippen LogP contribution in [0.4, 0.5) is 0 Å². The van der Waals surface area contributed by atoms with E-state index in [9.17, 15) is 0 Å². The van der Waals surface area contributed by atoms with E-state index < -0.39 is 0 Å². The summed E-state index contributed by atoms with van der Waals surface area (Å²) in [5.74, 6) is 9.73. The van der Waals surface area contributed by atoms with E-state index in [0.717, 1.165) is 0 Å². The first-order valence-corrected chi connectivity index (χ1v) is 15.9. The minimum absolute atomic E-state index is 0.545. The van der Waals surface area contributed by atoms with Gasteiger partial charge in [-0.1, -0.05) is 0 Å². The van der Waals surface area contributed by atoms with Crippen LogP contribution in [-0.2, 0) is 0 Å². The Morgan fingerprint density at radius 3 is 0.540 bits per heavy atom. The van der Waals surface area contributed by atoms with Gasteiger partial charge in [-0.05, 0) is 146 Å². The first-order valence-electron chi connectivity index (χ1n) is 15.9. The molecule has 2 aliphatic heterocycles. The maximum Gasteiger partial charge on any atom is 0.170 e. The first-order chi connectivity index (χ1) is 24.7. The fourth-order valence-corrected chi connectivity index (χ4v) is 6.00. The Morgan fingerprint density at radius 2 is 0.340 bits per heavy atom. The van der Waals surface area contributed by atoms with E-state index in [0.29, 0.717) is 103 Å². The molecule has 0 saturated heterocycles. The van der Waals surface area contributed by atoms with Crippen LogP contribution in [0.25, 0.3) is 82.8 Å². The van der Waals surface area contributed by atoms with Crippen molar-refractivity contribution in [2.24, 2.45) is 0 Å². The summed E-state index contributed by atoms with van der Waals surface area (Å²) in [6.45, 7) is 0. The molecule has 0 aromatic carbocycles. The molecule has 0 N–H and O–H groups in total. The molecule has 8 heteroatoms. The van der Waals surface area contributed by atoms with Gasteiger partial charge in [-0.25, -0.2) is 0 Å². The molecule has 0 atom stereocenters. The summed E-state index contributed by atoms with van der Waals surface area (Å²) in [5.41, 5.74) is 1.27. The lowest BCUT2D eigenvalue weighted by atomic mass is 9.99. The predicted octanol–water partition coefficient (Wildman–Crippen LogP) is 12.1. The zero-order valence-corrected chi connectivity index (χ0v) is 26.1. The third kappa shape index (κ3) is 5.12. The number of hydrogen-bond acceptors (Lipinski definition) is 8. The van der Waals surface area contributed by atoms with Crippen molar-refractivity contribution < 1.29 is 35.3 Å². The Morgan fingerprint density at radius 1 is 0.180 bits per heavy atom. The van der Waals surface area contributed by atoms with Gasteiger partial charge in [-0.2, -0.15) is 0 Å². The van der Waals surface area contributed by atoms with Gasteiger partial charge in [0.2, 0.25) is 0 Å². The van der Waals surface area contributed by atoms with E-state index >= 15 is 0 Å². The Hall–Kier alpha value is -7.06. The normalized spacial score (nSPS) is 16.2.